The Balaban J connectivity index is 2.24. The molecule has 0 radical (unpaired) electrons. The molecule has 0 fully saturated rings. The Morgan fingerprint density at radius 1 is 0.812 bits per heavy atom. The van der Waals surface area contributed by atoms with Gasteiger partial charge in [-0.05, 0) is 16.7 Å². The molecule has 0 nitrogen and oxygen atoms in total. The van der Waals surface area contributed by atoms with Gasteiger partial charge in [-0.1, -0.05) is 66.7 Å². The zero-order valence-electron chi connectivity index (χ0n) is 9.01. The average Bonchev–Trinajstić information content (AvgIpc) is 2.38. The van der Waals surface area contributed by atoms with E-state index in [1.807, 2.05) is 24.3 Å². The van der Waals surface area contributed by atoms with Crippen LogP contribution in [-0.2, 0) is 5.75 Å². The Bertz CT molecular complexity index is 472. The van der Waals surface area contributed by atoms with Crippen molar-refractivity contribution in [1.82, 2.24) is 0 Å². The summed E-state index contributed by atoms with van der Waals surface area (Å²) >= 11 is 4.33. The topological polar surface area (TPSA) is 0 Å². The van der Waals surface area contributed by atoms with Crippen molar-refractivity contribution >= 4 is 24.8 Å². The Morgan fingerprint density at radius 2 is 1.50 bits per heavy atom. The molecule has 0 heterocycles. The van der Waals surface area contributed by atoms with Gasteiger partial charge in [0.2, 0.25) is 0 Å². The molecule has 0 saturated heterocycles. The second kappa shape index (κ2) is 5.57. The van der Waals surface area contributed by atoms with Gasteiger partial charge < -0.3 is 0 Å². The highest BCUT2D eigenvalue weighted by Crippen LogP contribution is 2.14. The lowest BCUT2D eigenvalue weighted by Crippen LogP contribution is -1.82. The molecule has 0 aliphatic carbocycles. The molecular formula is C15H14S. The van der Waals surface area contributed by atoms with E-state index in [0.29, 0.717) is 0 Å². The van der Waals surface area contributed by atoms with Gasteiger partial charge in [-0.3, -0.25) is 0 Å². The van der Waals surface area contributed by atoms with E-state index in [0.717, 1.165) is 5.75 Å². The van der Waals surface area contributed by atoms with Crippen molar-refractivity contribution < 1.29 is 0 Å². The predicted molar refractivity (Wildman–Crippen MR) is 74.5 cm³/mol. The molecule has 0 unspecified atom stereocenters. The third kappa shape index (κ3) is 2.77. The normalized spacial score (nSPS) is 10.8. The summed E-state index contributed by atoms with van der Waals surface area (Å²) in [5.74, 6) is 0.773. The van der Waals surface area contributed by atoms with Gasteiger partial charge in [-0.25, -0.2) is 0 Å². The standard InChI is InChI=1S/C15H14S/c16-12-15-9-5-4-8-14(15)11-10-13-6-2-1-3-7-13/h1-11,16H,12H2/b11-10+. The lowest BCUT2D eigenvalue weighted by Gasteiger charge is -2.01. The fourth-order valence-electron chi connectivity index (χ4n) is 1.59. The Hall–Kier alpha value is -1.47. The van der Waals surface area contributed by atoms with Crippen molar-refractivity contribution in [3.8, 4) is 0 Å². The van der Waals surface area contributed by atoms with E-state index in [1.165, 1.54) is 16.7 Å². The number of benzene rings is 2. The molecule has 80 valence electrons. The maximum absolute atomic E-state index is 4.33. The summed E-state index contributed by atoms with van der Waals surface area (Å²) in [6.07, 6.45) is 4.27. The summed E-state index contributed by atoms with van der Waals surface area (Å²) in [6, 6.07) is 18.6. The molecular weight excluding hydrogens is 212 g/mol. The van der Waals surface area contributed by atoms with E-state index in [2.05, 4.69) is 55.1 Å². The molecule has 0 amide bonds. The smallest absolute Gasteiger partial charge is 0.0160 e. The van der Waals surface area contributed by atoms with Crippen molar-refractivity contribution in [3.05, 3.63) is 71.3 Å². The third-order valence-electron chi connectivity index (χ3n) is 2.48. The van der Waals surface area contributed by atoms with Crippen LogP contribution in [0.5, 0.6) is 0 Å². The minimum absolute atomic E-state index is 0.773. The van der Waals surface area contributed by atoms with Crippen LogP contribution in [0, 0.1) is 0 Å². The molecule has 0 atom stereocenters. The van der Waals surface area contributed by atoms with E-state index in [4.69, 9.17) is 0 Å². The number of hydrogen-bond donors (Lipinski definition) is 1. The van der Waals surface area contributed by atoms with E-state index >= 15 is 0 Å². The highest BCUT2D eigenvalue weighted by atomic mass is 32.1. The molecule has 0 spiro atoms. The molecule has 0 aromatic heterocycles. The molecule has 0 bridgehead atoms. The number of hydrogen-bond acceptors (Lipinski definition) is 1. The fraction of sp³-hybridized carbons (Fsp3) is 0.0667. The number of rotatable bonds is 3. The molecule has 2 aromatic carbocycles. The lowest BCUT2D eigenvalue weighted by molar-refractivity contribution is 1.40. The second-order valence-corrected chi connectivity index (χ2v) is 3.92. The van der Waals surface area contributed by atoms with Crippen LogP contribution in [0.3, 0.4) is 0 Å². The highest BCUT2D eigenvalue weighted by Gasteiger charge is 1.94. The van der Waals surface area contributed by atoms with Crippen LogP contribution in [0.2, 0.25) is 0 Å². The zero-order chi connectivity index (χ0) is 11.2. The van der Waals surface area contributed by atoms with Gasteiger partial charge in [0.25, 0.3) is 0 Å². The van der Waals surface area contributed by atoms with Gasteiger partial charge in [0.05, 0.1) is 0 Å². The zero-order valence-corrected chi connectivity index (χ0v) is 9.90. The summed E-state index contributed by atoms with van der Waals surface area (Å²) in [4.78, 5) is 0. The summed E-state index contributed by atoms with van der Waals surface area (Å²) in [5.41, 5.74) is 3.72. The molecule has 16 heavy (non-hydrogen) atoms. The lowest BCUT2D eigenvalue weighted by atomic mass is 10.1. The Morgan fingerprint density at radius 3 is 2.25 bits per heavy atom. The van der Waals surface area contributed by atoms with Crippen molar-refractivity contribution in [1.29, 1.82) is 0 Å². The molecule has 0 saturated carbocycles. The van der Waals surface area contributed by atoms with Crippen LogP contribution in [0.1, 0.15) is 16.7 Å². The van der Waals surface area contributed by atoms with Gasteiger partial charge in [0, 0.05) is 5.75 Å². The van der Waals surface area contributed by atoms with Crippen LogP contribution >= 0.6 is 12.6 Å². The van der Waals surface area contributed by atoms with Crippen molar-refractivity contribution in [3.63, 3.8) is 0 Å². The molecule has 0 N–H and O–H groups in total. The van der Waals surface area contributed by atoms with Gasteiger partial charge in [0.15, 0.2) is 0 Å². The molecule has 0 aliphatic heterocycles. The second-order valence-electron chi connectivity index (χ2n) is 3.60. The van der Waals surface area contributed by atoms with Crippen LogP contribution in [0.4, 0.5) is 0 Å². The molecule has 2 aromatic rings. The predicted octanol–water partition coefficient (Wildman–Crippen LogP) is 4.29. The van der Waals surface area contributed by atoms with E-state index in [9.17, 15) is 0 Å². The van der Waals surface area contributed by atoms with E-state index in [1.54, 1.807) is 0 Å². The maximum Gasteiger partial charge on any atom is 0.0160 e. The SMILES string of the molecule is SCc1ccccc1/C=C/c1ccccc1. The van der Waals surface area contributed by atoms with Gasteiger partial charge >= 0.3 is 0 Å². The minimum Gasteiger partial charge on any atom is -0.175 e. The monoisotopic (exact) mass is 226 g/mol. The van der Waals surface area contributed by atoms with Crippen LogP contribution < -0.4 is 0 Å². The van der Waals surface area contributed by atoms with E-state index < -0.39 is 0 Å². The van der Waals surface area contributed by atoms with Crippen LogP contribution in [0.25, 0.3) is 12.2 Å². The summed E-state index contributed by atoms with van der Waals surface area (Å²) in [7, 11) is 0. The first-order chi connectivity index (χ1) is 7.90. The first-order valence-electron chi connectivity index (χ1n) is 5.32. The molecule has 2 rings (SSSR count). The highest BCUT2D eigenvalue weighted by molar-refractivity contribution is 7.79. The fourth-order valence-corrected chi connectivity index (χ4v) is 1.88. The molecule has 0 aliphatic rings. The quantitative estimate of drug-likeness (QED) is 0.586. The minimum atomic E-state index is 0.773. The maximum atomic E-state index is 4.33. The first-order valence-corrected chi connectivity index (χ1v) is 5.95. The van der Waals surface area contributed by atoms with Crippen molar-refractivity contribution in [2.24, 2.45) is 0 Å². The third-order valence-corrected chi connectivity index (χ3v) is 2.82. The Labute approximate surface area is 102 Å². The molecule has 1 heteroatoms. The first kappa shape index (κ1) is 11.0. The average molecular weight is 226 g/mol. The van der Waals surface area contributed by atoms with Gasteiger partial charge in [-0.2, -0.15) is 12.6 Å². The van der Waals surface area contributed by atoms with Gasteiger partial charge in [-0.15, -0.1) is 0 Å². The summed E-state index contributed by atoms with van der Waals surface area (Å²) in [6.45, 7) is 0. The van der Waals surface area contributed by atoms with Crippen molar-refractivity contribution in [2.75, 3.05) is 0 Å². The van der Waals surface area contributed by atoms with Crippen LogP contribution in [-0.4, -0.2) is 0 Å². The van der Waals surface area contributed by atoms with Crippen molar-refractivity contribution in [2.45, 2.75) is 5.75 Å². The summed E-state index contributed by atoms with van der Waals surface area (Å²) in [5, 5.41) is 0. The van der Waals surface area contributed by atoms with Crippen LogP contribution in [0.15, 0.2) is 54.6 Å². The van der Waals surface area contributed by atoms with E-state index in [-0.39, 0.29) is 0 Å². The Kier molecular flexibility index (Phi) is 3.84. The summed E-state index contributed by atoms with van der Waals surface area (Å²) < 4.78 is 0. The van der Waals surface area contributed by atoms with Gasteiger partial charge in [0.1, 0.15) is 0 Å². The number of thiol groups is 1. The largest absolute Gasteiger partial charge is 0.175 e.